The molecule has 16 heavy (non-hydrogen) atoms. The molecule has 1 aromatic rings. The third kappa shape index (κ3) is 5.75. The van der Waals surface area contributed by atoms with Crippen LogP contribution in [0.15, 0.2) is 30.3 Å². The molecule has 1 rings (SSSR count). The molecule has 1 N–H and O–H groups in total. The van der Waals surface area contributed by atoms with Crippen LogP contribution in [0.3, 0.4) is 0 Å². The highest BCUT2D eigenvalue weighted by Gasteiger charge is 2.00. The highest BCUT2D eigenvalue weighted by molar-refractivity contribution is 9.09. The van der Waals surface area contributed by atoms with Gasteiger partial charge >= 0.3 is 6.09 Å². The van der Waals surface area contributed by atoms with Crippen LogP contribution in [0.4, 0.5) is 4.79 Å². The average molecular weight is 286 g/mol. The maximum atomic E-state index is 11.2. The van der Waals surface area contributed by atoms with Crippen molar-refractivity contribution < 1.29 is 9.53 Å². The number of rotatable bonds is 6. The van der Waals surface area contributed by atoms with Gasteiger partial charge in [0.25, 0.3) is 0 Å². The smallest absolute Gasteiger partial charge is 0.407 e. The highest BCUT2D eigenvalue weighted by atomic mass is 79.9. The molecule has 0 aliphatic heterocycles. The molecule has 0 saturated carbocycles. The maximum Gasteiger partial charge on any atom is 0.407 e. The molecule has 1 aromatic carbocycles. The molecular weight excluding hydrogens is 270 g/mol. The lowest BCUT2D eigenvalue weighted by Gasteiger charge is -2.06. The Morgan fingerprint density at radius 2 is 2.00 bits per heavy atom. The van der Waals surface area contributed by atoms with Crippen molar-refractivity contribution in [2.45, 2.75) is 19.4 Å². The summed E-state index contributed by atoms with van der Waals surface area (Å²) in [4.78, 5) is 11.2. The summed E-state index contributed by atoms with van der Waals surface area (Å²) in [7, 11) is 0. The Labute approximate surface area is 104 Å². The van der Waals surface area contributed by atoms with Crippen molar-refractivity contribution in [3.05, 3.63) is 35.9 Å². The van der Waals surface area contributed by atoms with Crippen LogP contribution in [0.2, 0.25) is 0 Å². The molecule has 0 bridgehead atoms. The van der Waals surface area contributed by atoms with Gasteiger partial charge in [0.2, 0.25) is 0 Å². The zero-order valence-electron chi connectivity index (χ0n) is 9.12. The van der Waals surface area contributed by atoms with Gasteiger partial charge in [0.1, 0.15) is 0 Å². The van der Waals surface area contributed by atoms with Crippen LogP contribution in [0.25, 0.3) is 0 Å². The highest BCUT2D eigenvalue weighted by Crippen LogP contribution is 1.98. The minimum atomic E-state index is -0.349. The van der Waals surface area contributed by atoms with Crippen molar-refractivity contribution in [1.29, 1.82) is 0 Å². The van der Waals surface area contributed by atoms with E-state index in [1.807, 2.05) is 30.3 Å². The predicted molar refractivity (Wildman–Crippen MR) is 67.7 cm³/mol. The number of hydrogen-bond acceptors (Lipinski definition) is 2. The van der Waals surface area contributed by atoms with Gasteiger partial charge in [0.05, 0.1) is 6.61 Å². The number of hydrogen-bond donors (Lipinski definition) is 1. The van der Waals surface area contributed by atoms with E-state index in [9.17, 15) is 4.79 Å². The number of halogens is 1. The molecule has 0 aliphatic carbocycles. The summed E-state index contributed by atoms with van der Waals surface area (Å²) < 4.78 is 4.99. The number of nitrogens with one attached hydrogen (secondary N) is 1. The van der Waals surface area contributed by atoms with Crippen LogP contribution in [0, 0.1) is 0 Å². The van der Waals surface area contributed by atoms with Gasteiger partial charge in [-0.05, 0) is 18.4 Å². The summed E-state index contributed by atoms with van der Waals surface area (Å²) in [6, 6.07) is 9.76. The Balaban J connectivity index is 2.11. The summed E-state index contributed by atoms with van der Waals surface area (Å²) in [5.74, 6) is 0. The van der Waals surface area contributed by atoms with E-state index in [2.05, 4.69) is 21.2 Å². The largest absolute Gasteiger partial charge is 0.450 e. The van der Waals surface area contributed by atoms with Crippen molar-refractivity contribution >= 4 is 22.0 Å². The molecule has 1 amide bonds. The number of ether oxygens (including phenoxy) is 1. The van der Waals surface area contributed by atoms with Crippen molar-refractivity contribution in [3.63, 3.8) is 0 Å². The summed E-state index contributed by atoms with van der Waals surface area (Å²) in [6.07, 6.45) is 1.56. The van der Waals surface area contributed by atoms with Crippen LogP contribution >= 0.6 is 15.9 Å². The molecule has 0 unspecified atom stereocenters. The summed E-state index contributed by atoms with van der Waals surface area (Å²) >= 11 is 3.32. The quantitative estimate of drug-likeness (QED) is 0.644. The topological polar surface area (TPSA) is 38.3 Å². The Morgan fingerprint density at radius 1 is 1.25 bits per heavy atom. The Bertz CT molecular complexity index is 303. The maximum absolute atomic E-state index is 11.2. The minimum absolute atomic E-state index is 0.349. The first-order valence-corrected chi connectivity index (χ1v) is 6.45. The zero-order chi connectivity index (χ0) is 11.6. The second kappa shape index (κ2) is 8.16. The van der Waals surface area contributed by atoms with Crippen molar-refractivity contribution in [2.24, 2.45) is 0 Å². The average Bonchev–Trinajstić information content (AvgIpc) is 2.33. The zero-order valence-corrected chi connectivity index (χ0v) is 10.7. The molecule has 0 saturated heterocycles. The number of amides is 1. The SMILES string of the molecule is O=C(NCc1ccccc1)OCCCCBr. The first-order chi connectivity index (χ1) is 7.83. The number of alkyl halides is 1. The van der Waals surface area contributed by atoms with E-state index >= 15 is 0 Å². The van der Waals surface area contributed by atoms with E-state index in [4.69, 9.17) is 4.74 Å². The van der Waals surface area contributed by atoms with Gasteiger partial charge in [0.15, 0.2) is 0 Å². The molecule has 4 heteroatoms. The molecule has 3 nitrogen and oxygen atoms in total. The normalized spacial score (nSPS) is 9.81. The number of carbonyl (C=O) groups is 1. The van der Waals surface area contributed by atoms with E-state index < -0.39 is 0 Å². The molecule has 0 atom stereocenters. The van der Waals surface area contributed by atoms with E-state index in [0.717, 1.165) is 23.7 Å². The second-order valence-electron chi connectivity index (χ2n) is 3.37. The second-order valence-corrected chi connectivity index (χ2v) is 4.16. The van der Waals surface area contributed by atoms with Crippen LogP contribution in [-0.2, 0) is 11.3 Å². The monoisotopic (exact) mass is 285 g/mol. The molecular formula is C12H16BrNO2. The van der Waals surface area contributed by atoms with Crippen LogP contribution < -0.4 is 5.32 Å². The lowest BCUT2D eigenvalue weighted by molar-refractivity contribution is 0.144. The third-order valence-electron chi connectivity index (χ3n) is 2.04. The van der Waals surface area contributed by atoms with Gasteiger partial charge in [-0.3, -0.25) is 0 Å². The third-order valence-corrected chi connectivity index (χ3v) is 2.60. The van der Waals surface area contributed by atoms with Gasteiger partial charge in [-0.1, -0.05) is 46.3 Å². The van der Waals surface area contributed by atoms with Gasteiger partial charge in [0, 0.05) is 11.9 Å². The first-order valence-electron chi connectivity index (χ1n) is 5.33. The van der Waals surface area contributed by atoms with Crippen molar-refractivity contribution in [2.75, 3.05) is 11.9 Å². The molecule has 0 spiro atoms. The molecule has 0 aromatic heterocycles. The Kier molecular flexibility index (Phi) is 6.65. The van der Waals surface area contributed by atoms with Crippen molar-refractivity contribution in [3.8, 4) is 0 Å². The lowest BCUT2D eigenvalue weighted by Crippen LogP contribution is -2.24. The number of alkyl carbamates (subject to hydrolysis) is 1. The number of benzene rings is 1. The summed E-state index contributed by atoms with van der Waals surface area (Å²) in [5, 5.41) is 3.65. The van der Waals surface area contributed by atoms with E-state index in [-0.39, 0.29) is 6.09 Å². The van der Waals surface area contributed by atoms with Gasteiger partial charge in [-0.2, -0.15) is 0 Å². The first kappa shape index (κ1) is 13.0. The molecule has 88 valence electrons. The standard InChI is InChI=1S/C12H16BrNO2/c13-8-4-5-9-16-12(15)14-10-11-6-2-1-3-7-11/h1-3,6-7H,4-5,8-10H2,(H,14,15). The van der Waals surface area contributed by atoms with Crippen molar-refractivity contribution in [1.82, 2.24) is 5.32 Å². The van der Waals surface area contributed by atoms with Gasteiger partial charge < -0.3 is 10.1 Å². The molecule has 0 fully saturated rings. The minimum Gasteiger partial charge on any atom is -0.450 e. The fraction of sp³-hybridized carbons (Fsp3) is 0.417. The summed E-state index contributed by atoms with van der Waals surface area (Å²) in [6.45, 7) is 0.990. The Hall–Kier alpha value is -1.03. The van der Waals surface area contributed by atoms with E-state index in [0.29, 0.717) is 13.2 Å². The number of unbranched alkanes of at least 4 members (excludes halogenated alkanes) is 1. The van der Waals surface area contributed by atoms with Crippen LogP contribution in [0.5, 0.6) is 0 Å². The lowest BCUT2D eigenvalue weighted by atomic mass is 10.2. The fourth-order valence-corrected chi connectivity index (χ4v) is 1.58. The number of carbonyl (C=O) groups excluding carboxylic acids is 1. The van der Waals surface area contributed by atoms with Crippen LogP contribution in [0.1, 0.15) is 18.4 Å². The van der Waals surface area contributed by atoms with Crippen LogP contribution in [-0.4, -0.2) is 18.0 Å². The van der Waals surface area contributed by atoms with E-state index in [1.165, 1.54) is 0 Å². The fourth-order valence-electron chi connectivity index (χ4n) is 1.18. The van der Waals surface area contributed by atoms with Gasteiger partial charge in [-0.25, -0.2) is 4.79 Å². The van der Waals surface area contributed by atoms with E-state index in [1.54, 1.807) is 0 Å². The molecule has 0 radical (unpaired) electrons. The van der Waals surface area contributed by atoms with Gasteiger partial charge in [-0.15, -0.1) is 0 Å². The Morgan fingerprint density at radius 3 is 2.69 bits per heavy atom. The molecule has 0 heterocycles. The predicted octanol–water partition coefficient (Wildman–Crippen LogP) is 3.09. The summed E-state index contributed by atoms with van der Waals surface area (Å²) in [5.41, 5.74) is 1.07. The molecule has 0 aliphatic rings.